The van der Waals surface area contributed by atoms with Gasteiger partial charge < -0.3 is 5.11 Å². The third kappa shape index (κ3) is 2.10. The van der Waals surface area contributed by atoms with Crippen molar-refractivity contribution in [2.45, 2.75) is 39.0 Å². The summed E-state index contributed by atoms with van der Waals surface area (Å²) in [6, 6.07) is 0. The molecule has 12 heavy (non-hydrogen) atoms. The molecule has 1 N–H and O–H groups in total. The van der Waals surface area contributed by atoms with Gasteiger partial charge >= 0.3 is 0 Å². The highest BCUT2D eigenvalue weighted by Crippen LogP contribution is 2.28. The molecule has 0 heterocycles. The molecule has 1 atom stereocenters. The zero-order valence-corrected chi connectivity index (χ0v) is 7.55. The van der Waals surface area contributed by atoms with E-state index in [1.807, 2.05) is 0 Å². The van der Waals surface area contributed by atoms with E-state index in [-0.39, 0.29) is 5.78 Å². The number of carbonyl (C=O) groups excluding carboxylic acids is 1. The fraction of sp³-hybridized carbons (Fsp3) is 0.700. The standard InChI is InChI=1S/C10H16O2/c1-2-3-8-4-5-10(12)9(6-8)7-11/h7-8,11H,2-6H2,1H3. The summed E-state index contributed by atoms with van der Waals surface area (Å²) in [5.74, 6) is 0.746. The first-order valence-corrected chi connectivity index (χ1v) is 4.64. The Labute approximate surface area is 73.3 Å². The lowest BCUT2D eigenvalue weighted by molar-refractivity contribution is -0.117. The summed E-state index contributed by atoms with van der Waals surface area (Å²) in [6.07, 6.45) is 5.73. The number of hydrogen-bond acceptors (Lipinski definition) is 2. The molecule has 0 aromatic heterocycles. The molecule has 0 saturated heterocycles. The first-order chi connectivity index (χ1) is 5.77. The Morgan fingerprint density at radius 3 is 3.00 bits per heavy atom. The van der Waals surface area contributed by atoms with Gasteiger partial charge in [0.25, 0.3) is 0 Å². The van der Waals surface area contributed by atoms with E-state index in [0.717, 1.165) is 25.5 Å². The van der Waals surface area contributed by atoms with Gasteiger partial charge in [-0.2, -0.15) is 0 Å². The van der Waals surface area contributed by atoms with Crippen molar-refractivity contribution in [1.29, 1.82) is 0 Å². The summed E-state index contributed by atoms with van der Waals surface area (Å²) >= 11 is 0. The predicted octanol–water partition coefficient (Wildman–Crippen LogP) is 2.60. The van der Waals surface area contributed by atoms with Gasteiger partial charge in [0.2, 0.25) is 0 Å². The van der Waals surface area contributed by atoms with Crippen LogP contribution in [0.5, 0.6) is 0 Å². The van der Waals surface area contributed by atoms with Crippen LogP contribution in [0.25, 0.3) is 0 Å². The number of carbonyl (C=O) groups is 1. The molecule has 2 heteroatoms. The Morgan fingerprint density at radius 2 is 2.42 bits per heavy atom. The van der Waals surface area contributed by atoms with E-state index in [9.17, 15) is 4.79 Å². The molecule has 1 unspecified atom stereocenters. The van der Waals surface area contributed by atoms with Gasteiger partial charge in [0, 0.05) is 12.0 Å². The van der Waals surface area contributed by atoms with Crippen LogP contribution < -0.4 is 0 Å². The van der Waals surface area contributed by atoms with Crippen LogP contribution in [0, 0.1) is 5.92 Å². The van der Waals surface area contributed by atoms with Gasteiger partial charge in [0.05, 0.1) is 6.26 Å². The van der Waals surface area contributed by atoms with Crippen LogP contribution >= 0.6 is 0 Å². The lowest BCUT2D eigenvalue weighted by Crippen LogP contribution is -2.16. The topological polar surface area (TPSA) is 37.3 Å². The van der Waals surface area contributed by atoms with Gasteiger partial charge in [-0.05, 0) is 18.8 Å². The molecule has 1 rings (SSSR count). The Bertz CT molecular complexity index is 194. The maximum Gasteiger partial charge on any atom is 0.161 e. The van der Waals surface area contributed by atoms with Crippen LogP contribution in [-0.2, 0) is 4.79 Å². The molecule has 1 saturated carbocycles. The Morgan fingerprint density at radius 1 is 1.67 bits per heavy atom. The van der Waals surface area contributed by atoms with Crippen molar-refractivity contribution < 1.29 is 9.90 Å². The van der Waals surface area contributed by atoms with Crippen molar-refractivity contribution in [1.82, 2.24) is 0 Å². The first kappa shape index (κ1) is 9.30. The van der Waals surface area contributed by atoms with Crippen molar-refractivity contribution in [2.24, 2.45) is 5.92 Å². The van der Waals surface area contributed by atoms with Crippen molar-refractivity contribution in [2.75, 3.05) is 0 Å². The van der Waals surface area contributed by atoms with Crippen LogP contribution in [0.15, 0.2) is 11.8 Å². The molecular weight excluding hydrogens is 152 g/mol. The second-order valence-corrected chi connectivity index (χ2v) is 3.48. The van der Waals surface area contributed by atoms with Crippen molar-refractivity contribution in [3.8, 4) is 0 Å². The molecule has 1 fully saturated rings. The minimum atomic E-state index is 0.129. The van der Waals surface area contributed by atoms with E-state index >= 15 is 0 Å². The largest absolute Gasteiger partial charge is 0.515 e. The Balaban J connectivity index is 2.50. The number of Topliss-reactive ketones (excluding diaryl/α,β-unsaturated/α-hetero) is 1. The average molecular weight is 168 g/mol. The first-order valence-electron chi connectivity index (χ1n) is 4.64. The molecule has 0 radical (unpaired) electrons. The Kier molecular flexibility index (Phi) is 3.32. The number of aliphatic hydroxyl groups is 1. The third-order valence-electron chi connectivity index (χ3n) is 2.50. The summed E-state index contributed by atoms with van der Waals surface area (Å²) in [5, 5.41) is 8.76. The highest BCUT2D eigenvalue weighted by Gasteiger charge is 2.22. The van der Waals surface area contributed by atoms with Crippen LogP contribution in [0.1, 0.15) is 39.0 Å². The van der Waals surface area contributed by atoms with E-state index in [2.05, 4.69) is 6.92 Å². The highest BCUT2D eigenvalue weighted by molar-refractivity contribution is 5.95. The predicted molar refractivity (Wildman–Crippen MR) is 48.0 cm³/mol. The second-order valence-electron chi connectivity index (χ2n) is 3.48. The zero-order chi connectivity index (χ0) is 8.97. The number of hydrogen-bond donors (Lipinski definition) is 1. The quantitative estimate of drug-likeness (QED) is 0.508. The third-order valence-corrected chi connectivity index (χ3v) is 2.50. The van der Waals surface area contributed by atoms with E-state index < -0.39 is 0 Å². The van der Waals surface area contributed by atoms with Gasteiger partial charge in [-0.15, -0.1) is 0 Å². The molecule has 0 amide bonds. The van der Waals surface area contributed by atoms with Gasteiger partial charge in [-0.1, -0.05) is 19.8 Å². The summed E-state index contributed by atoms with van der Waals surface area (Å²) in [6.45, 7) is 2.15. The second kappa shape index (κ2) is 4.29. The minimum absolute atomic E-state index is 0.129. The molecule has 0 spiro atoms. The molecule has 2 nitrogen and oxygen atoms in total. The monoisotopic (exact) mass is 168 g/mol. The fourth-order valence-electron chi connectivity index (χ4n) is 1.80. The molecular formula is C10H16O2. The average Bonchev–Trinajstić information content (AvgIpc) is 2.09. The van der Waals surface area contributed by atoms with Crippen LogP contribution in [0.2, 0.25) is 0 Å². The van der Waals surface area contributed by atoms with Gasteiger partial charge in [0.15, 0.2) is 5.78 Å². The summed E-state index contributed by atoms with van der Waals surface area (Å²) in [7, 11) is 0. The maximum atomic E-state index is 11.1. The van der Waals surface area contributed by atoms with Gasteiger partial charge in [-0.3, -0.25) is 4.79 Å². The SMILES string of the molecule is CCCC1CCC(=O)C(=CO)C1. The number of ketones is 1. The smallest absolute Gasteiger partial charge is 0.161 e. The molecule has 0 aromatic carbocycles. The molecule has 1 aliphatic rings. The minimum Gasteiger partial charge on any atom is -0.515 e. The van der Waals surface area contributed by atoms with Gasteiger partial charge in [0.1, 0.15) is 0 Å². The molecule has 0 aliphatic heterocycles. The van der Waals surface area contributed by atoms with Crippen molar-refractivity contribution >= 4 is 5.78 Å². The molecule has 0 aromatic rings. The van der Waals surface area contributed by atoms with Gasteiger partial charge in [-0.25, -0.2) is 0 Å². The Hall–Kier alpha value is -0.790. The van der Waals surface area contributed by atoms with E-state index in [1.54, 1.807) is 0 Å². The van der Waals surface area contributed by atoms with Crippen LogP contribution in [0.4, 0.5) is 0 Å². The number of aliphatic hydroxyl groups excluding tert-OH is 1. The lowest BCUT2D eigenvalue weighted by Gasteiger charge is -2.21. The van der Waals surface area contributed by atoms with E-state index in [1.165, 1.54) is 6.42 Å². The zero-order valence-electron chi connectivity index (χ0n) is 7.55. The number of rotatable bonds is 2. The van der Waals surface area contributed by atoms with Crippen molar-refractivity contribution in [3.05, 3.63) is 11.8 Å². The lowest BCUT2D eigenvalue weighted by atomic mass is 9.83. The van der Waals surface area contributed by atoms with Crippen LogP contribution in [-0.4, -0.2) is 10.9 Å². The molecule has 68 valence electrons. The highest BCUT2D eigenvalue weighted by atomic mass is 16.2. The van der Waals surface area contributed by atoms with E-state index in [0.29, 0.717) is 17.9 Å². The fourth-order valence-corrected chi connectivity index (χ4v) is 1.80. The van der Waals surface area contributed by atoms with E-state index in [4.69, 9.17) is 5.11 Å². The maximum absolute atomic E-state index is 11.1. The summed E-state index contributed by atoms with van der Waals surface area (Å²) in [5.41, 5.74) is 0.625. The molecule has 0 bridgehead atoms. The molecule has 1 aliphatic carbocycles. The summed E-state index contributed by atoms with van der Waals surface area (Å²) < 4.78 is 0. The normalized spacial score (nSPS) is 27.9. The van der Waals surface area contributed by atoms with Crippen LogP contribution in [0.3, 0.4) is 0 Å². The number of allylic oxidation sites excluding steroid dienone is 1. The summed E-state index contributed by atoms with van der Waals surface area (Å²) in [4.78, 5) is 11.1. The van der Waals surface area contributed by atoms with Crippen molar-refractivity contribution in [3.63, 3.8) is 0 Å².